The fraction of sp³-hybridized carbons (Fsp3) is 0.194. The number of likely N-dealkylation sites (tertiary alicyclic amines) is 1. The van der Waals surface area contributed by atoms with Crippen molar-refractivity contribution in [1.82, 2.24) is 14.8 Å². The number of benzene rings is 2. The van der Waals surface area contributed by atoms with Crippen molar-refractivity contribution in [3.05, 3.63) is 124 Å². The fourth-order valence-electron chi connectivity index (χ4n) is 4.83. The molecule has 10 heteroatoms. The number of rotatable bonds is 7. The summed E-state index contributed by atoms with van der Waals surface area (Å²) in [6.07, 6.45) is 9.89. The molecular weight excluding hydrogens is 528 g/mol. The number of carbonyl (C=O) groups is 1. The molecule has 0 atom stereocenters. The van der Waals surface area contributed by atoms with Gasteiger partial charge in [-0.15, -0.1) is 0 Å². The van der Waals surface area contributed by atoms with Crippen LogP contribution in [-0.2, 0) is 0 Å². The van der Waals surface area contributed by atoms with Crippen molar-refractivity contribution < 1.29 is 18.3 Å². The van der Waals surface area contributed by atoms with E-state index in [0.29, 0.717) is 23.1 Å². The standard InChI is InChI=1S/C31H29F2N5O3/c1-37-15-11-20(12-16-37)21-17-29(27(10-13-34)35-19-21)41-28-9-6-23(18-26(28)33)36-30(39)25-3-2-14-38(31(25)40)24-7-4-22(32)5-8-24/h2-10,13-14,17-20,34-35H,11-12,15-16H2,1H3,(H,36,39)/b27-10-,34-13?. The maximum atomic E-state index is 15.2. The average molecular weight is 558 g/mol. The van der Waals surface area contributed by atoms with E-state index >= 15 is 4.39 Å². The lowest BCUT2D eigenvalue weighted by molar-refractivity contribution is 0.102. The highest BCUT2D eigenvalue weighted by molar-refractivity contribution is 6.04. The van der Waals surface area contributed by atoms with Crippen molar-refractivity contribution in [3.8, 4) is 11.4 Å². The Balaban J connectivity index is 1.33. The van der Waals surface area contributed by atoms with E-state index in [1.807, 2.05) is 12.3 Å². The van der Waals surface area contributed by atoms with Crippen LogP contribution in [0.4, 0.5) is 14.5 Å². The lowest BCUT2D eigenvalue weighted by Crippen LogP contribution is -2.31. The zero-order valence-electron chi connectivity index (χ0n) is 22.4. The van der Waals surface area contributed by atoms with Gasteiger partial charge in [-0.3, -0.25) is 14.2 Å². The number of piperidine rings is 1. The van der Waals surface area contributed by atoms with Gasteiger partial charge in [0, 0.05) is 36.1 Å². The molecule has 3 heterocycles. The van der Waals surface area contributed by atoms with Gasteiger partial charge in [-0.05, 0) is 105 Å². The van der Waals surface area contributed by atoms with Gasteiger partial charge in [0.15, 0.2) is 17.3 Å². The molecule has 1 fully saturated rings. The highest BCUT2D eigenvalue weighted by atomic mass is 19.1. The first-order valence-electron chi connectivity index (χ1n) is 13.2. The third-order valence-electron chi connectivity index (χ3n) is 7.10. The second-order valence-electron chi connectivity index (χ2n) is 9.90. The Morgan fingerprint density at radius 1 is 1.12 bits per heavy atom. The average Bonchev–Trinajstić information content (AvgIpc) is 2.96. The van der Waals surface area contributed by atoms with Crippen LogP contribution in [0, 0.1) is 23.0 Å². The number of nitrogens with zero attached hydrogens (tertiary/aromatic N) is 2. The number of anilines is 1. The molecule has 0 radical (unpaired) electrons. The van der Waals surface area contributed by atoms with Crippen LogP contribution in [0.15, 0.2) is 101 Å². The smallest absolute Gasteiger partial charge is 0.267 e. The molecule has 8 nitrogen and oxygen atoms in total. The minimum atomic E-state index is -0.720. The van der Waals surface area contributed by atoms with Gasteiger partial charge in [-0.1, -0.05) is 0 Å². The predicted molar refractivity (Wildman–Crippen MR) is 153 cm³/mol. The lowest BCUT2D eigenvalue weighted by Gasteiger charge is -2.31. The molecule has 2 aromatic carbocycles. The molecule has 3 aromatic rings. The first kappa shape index (κ1) is 27.7. The number of amides is 1. The maximum Gasteiger partial charge on any atom is 0.267 e. The molecule has 1 saturated heterocycles. The molecule has 2 aliphatic rings. The van der Waals surface area contributed by atoms with Crippen LogP contribution in [-0.4, -0.2) is 41.7 Å². The number of ether oxygens (including phenoxy) is 1. The summed E-state index contributed by atoms with van der Waals surface area (Å²) in [6, 6.07) is 12.2. The van der Waals surface area contributed by atoms with Crippen LogP contribution in [0.2, 0.25) is 0 Å². The van der Waals surface area contributed by atoms with E-state index in [0.717, 1.165) is 43.8 Å². The minimum Gasteiger partial charge on any atom is -0.452 e. The number of allylic oxidation sites excluding steroid dienone is 3. The first-order valence-corrected chi connectivity index (χ1v) is 13.2. The molecule has 0 unspecified atom stereocenters. The summed E-state index contributed by atoms with van der Waals surface area (Å²) in [7, 11) is 2.09. The first-order chi connectivity index (χ1) is 19.8. The summed E-state index contributed by atoms with van der Waals surface area (Å²) in [5.41, 5.74) is 1.34. The van der Waals surface area contributed by atoms with E-state index in [4.69, 9.17) is 10.1 Å². The molecule has 0 aliphatic carbocycles. The van der Waals surface area contributed by atoms with Gasteiger partial charge in [0.2, 0.25) is 0 Å². The Labute approximate surface area is 235 Å². The highest BCUT2D eigenvalue weighted by Gasteiger charge is 2.24. The van der Waals surface area contributed by atoms with Gasteiger partial charge in [-0.25, -0.2) is 8.78 Å². The largest absolute Gasteiger partial charge is 0.452 e. The second kappa shape index (κ2) is 12.1. The Morgan fingerprint density at radius 3 is 2.59 bits per heavy atom. The number of carbonyl (C=O) groups excluding carboxylic acids is 1. The molecule has 1 aromatic heterocycles. The Kier molecular flexibility index (Phi) is 8.21. The summed E-state index contributed by atoms with van der Waals surface area (Å²) >= 11 is 0. The summed E-state index contributed by atoms with van der Waals surface area (Å²) in [5.74, 6) is -1.22. The summed E-state index contributed by atoms with van der Waals surface area (Å²) in [4.78, 5) is 28.1. The van der Waals surface area contributed by atoms with Crippen molar-refractivity contribution >= 4 is 17.8 Å². The molecule has 3 N–H and O–H groups in total. The van der Waals surface area contributed by atoms with Crippen molar-refractivity contribution in [3.63, 3.8) is 0 Å². The van der Waals surface area contributed by atoms with Crippen LogP contribution in [0.25, 0.3) is 5.69 Å². The van der Waals surface area contributed by atoms with E-state index in [-0.39, 0.29) is 17.0 Å². The fourth-order valence-corrected chi connectivity index (χ4v) is 4.83. The molecule has 2 aliphatic heterocycles. The van der Waals surface area contributed by atoms with Crippen molar-refractivity contribution in [2.45, 2.75) is 12.8 Å². The van der Waals surface area contributed by atoms with Crippen molar-refractivity contribution in [1.29, 1.82) is 5.41 Å². The number of dihydropyridines is 1. The molecule has 0 spiro atoms. The van der Waals surface area contributed by atoms with Gasteiger partial charge < -0.3 is 25.7 Å². The van der Waals surface area contributed by atoms with Gasteiger partial charge in [0.05, 0.1) is 5.70 Å². The van der Waals surface area contributed by atoms with Gasteiger partial charge >= 0.3 is 0 Å². The highest BCUT2D eigenvalue weighted by Crippen LogP contribution is 2.31. The van der Waals surface area contributed by atoms with E-state index < -0.39 is 23.1 Å². The SMILES string of the molecule is CN1CCC(C2=CN/C(=C\C=N)C(Oc3ccc(NC(=O)c4cccn(-c5ccc(F)cc5)c4=O)cc3F)=C2)CC1. The molecule has 5 rings (SSSR count). The molecule has 0 bridgehead atoms. The Hall–Kier alpha value is -4.83. The summed E-state index contributed by atoms with van der Waals surface area (Å²) in [6.45, 7) is 1.97. The molecule has 41 heavy (non-hydrogen) atoms. The Bertz CT molecular complexity index is 1620. The third kappa shape index (κ3) is 6.33. The monoisotopic (exact) mass is 557 g/mol. The van der Waals surface area contributed by atoms with Gasteiger partial charge in [0.1, 0.15) is 11.4 Å². The van der Waals surface area contributed by atoms with Gasteiger partial charge in [0.25, 0.3) is 11.5 Å². The van der Waals surface area contributed by atoms with E-state index in [1.165, 1.54) is 65.4 Å². The number of halogens is 2. The minimum absolute atomic E-state index is 0.0602. The van der Waals surface area contributed by atoms with Crippen LogP contribution < -0.4 is 20.9 Å². The number of pyridine rings is 1. The molecule has 1 amide bonds. The molecular formula is C31H29F2N5O3. The Morgan fingerprint density at radius 2 is 1.88 bits per heavy atom. The normalized spacial score (nSPS) is 16.9. The van der Waals surface area contributed by atoms with Gasteiger partial charge in [-0.2, -0.15) is 0 Å². The second-order valence-corrected chi connectivity index (χ2v) is 9.90. The lowest BCUT2D eigenvalue weighted by atomic mass is 9.88. The van der Waals surface area contributed by atoms with E-state index in [1.54, 1.807) is 0 Å². The third-order valence-corrected chi connectivity index (χ3v) is 7.10. The molecule has 210 valence electrons. The number of aromatic nitrogens is 1. The molecule has 0 saturated carbocycles. The van der Waals surface area contributed by atoms with E-state index in [9.17, 15) is 14.0 Å². The van der Waals surface area contributed by atoms with Crippen molar-refractivity contribution in [2.24, 2.45) is 5.92 Å². The predicted octanol–water partition coefficient (Wildman–Crippen LogP) is 4.99. The summed E-state index contributed by atoms with van der Waals surface area (Å²) in [5, 5.41) is 13.2. The number of nitrogens with one attached hydrogen (secondary N) is 3. The van der Waals surface area contributed by atoms with E-state index in [2.05, 4.69) is 22.6 Å². The number of hydrogen-bond acceptors (Lipinski definition) is 6. The van der Waals surface area contributed by atoms with Crippen LogP contribution >= 0.6 is 0 Å². The van der Waals surface area contributed by atoms with Crippen LogP contribution in [0.3, 0.4) is 0 Å². The maximum absolute atomic E-state index is 15.2. The van der Waals surface area contributed by atoms with Crippen LogP contribution in [0.1, 0.15) is 23.2 Å². The van der Waals surface area contributed by atoms with Crippen LogP contribution in [0.5, 0.6) is 5.75 Å². The number of hydrogen-bond donors (Lipinski definition) is 3. The quantitative estimate of drug-likeness (QED) is 0.356. The topological polar surface area (TPSA) is 99.5 Å². The summed E-state index contributed by atoms with van der Waals surface area (Å²) < 4.78 is 35.6. The zero-order valence-corrected chi connectivity index (χ0v) is 22.4. The van der Waals surface area contributed by atoms with Crippen molar-refractivity contribution in [2.75, 3.05) is 25.5 Å². The zero-order chi connectivity index (χ0) is 28.9.